The Morgan fingerprint density at radius 3 is 1.74 bits per heavy atom. The standard InChI is InChI=1S/C24H26O3/c1-2-3-12-19-24(22-17-10-11-18-23(22)25,26-20-13-6-4-7-14-20)27-21-15-8-5-9-16-21/h4-11,13-18,25H,2-3,12,19H2,1H3. The number of para-hydroxylation sites is 3. The molecule has 27 heavy (non-hydrogen) atoms. The van der Waals surface area contributed by atoms with Crippen LogP contribution < -0.4 is 9.47 Å². The Kier molecular flexibility index (Phi) is 6.37. The van der Waals surface area contributed by atoms with Crippen LogP contribution in [0, 0.1) is 0 Å². The minimum atomic E-state index is -1.11. The summed E-state index contributed by atoms with van der Waals surface area (Å²) < 4.78 is 12.9. The Morgan fingerprint density at radius 1 is 0.704 bits per heavy atom. The molecule has 0 bridgehead atoms. The van der Waals surface area contributed by atoms with E-state index >= 15 is 0 Å². The summed E-state index contributed by atoms with van der Waals surface area (Å²) in [6, 6.07) is 26.5. The van der Waals surface area contributed by atoms with Crippen LogP contribution in [-0.2, 0) is 5.79 Å². The van der Waals surface area contributed by atoms with Gasteiger partial charge in [0.15, 0.2) is 0 Å². The third-order valence-electron chi connectivity index (χ3n) is 4.48. The summed E-state index contributed by atoms with van der Waals surface area (Å²) in [6.07, 6.45) is 3.70. The Hall–Kier alpha value is -2.94. The zero-order chi connectivity index (χ0) is 19.0. The van der Waals surface area contributed by atoms with E-state index in [9.17, 15) is 5.11 Å². The molecule has 3 nitrogen and oxygen atoms in total. The first-order valence-corrected chi connectivity index (χ1v) is 9.50. The van der Waals surface area contributed by atoms with Crippen molar-refractivity contribution in [2.75, 3.05) is 0 Å². The Morgan fingerprint density at radius 2 is 1.22 bits per heavy atom. The van der Waals surface area contributed by atoms with Gasteiger partial charge in [0.25, 0.3) is 5.79 Å². The smallest absolute Gasteiger partial charge is 0.281 e. The average Bonchev–Trinajstić information content (AvgIpc) is 2.70. The van der Waals surface area contributed by atoms with Gasteiger partial charge in [0.1, 0.15) is 17.2 Å². The first-order valence-electron chi connectivity index (χ1n) is 9.50. The molecule has 0 fully saturated rings. The lowest BCUT2D eigenvalue weighted by molar-refractivity contribution is -0.130. The van der Waals surface area contributed by atoms with Crippen molar-refractivity contribution in [2.45, 2.75) is 38.4 Å². The number of rotatable bonds is 9. The van der Waals surface area contributed by atoms with Crippen molar-refractivity contribution in [3.05, 3.63) is 90.5 Å². The molecule has 0 radical (unpaired) electrons. The molecule has 0 atom stereocenters. The minimum absolute atomic E-state index is 0.167. The van der Waals surface area contributed by atoms with Crippen molar-refractivity contribution < 1.29 is 14.6 Å². The molecule has 3 rings (SSSR count). The number of hydrogen-bond donors (Lipinski definition) is 1. The van der Waals surface area contributed by atoms with Crippen molar-refractivity contribution >= 4 is 0 Å². The Labute approximate surface area is 161 Å². The van der Waals surface area contributed by atoms with Crippen molar-refractivity contribution in [1.82, 2.24) is 0 Å². The second kappa shape index (κ2) is 9.13. The summed E-state index contributed by atoms with van der Waals surface area (Å²) in [7, 11) is 0. The van der Waals surface area contributed by atoms with E-state index in [4.69, 9.17) is 9.47 Å². The summed E-state index contributed by atoms with van der Waals surface area (Å²) in [5.41, 5.74) is 0.633. The van der Waals surface area contributed by atoms with Gasteiger partial charge < -0.3 is 14.6 Å². The van der Waals surface area contributed by atoms with Gasteiger partial charge in [-0.25, -0.2) is 0 Å². The topological polar surface area (TPSA) is 38.7 Å². The van der Waals surface area contributed by atoms with Crippen LogP contribution in [-0.4, -0.2) is 5.11 Å². The normalized spacial score (nSPS) is 11.1. The summed E-state index contributed by atoms with van der Waals surface area (Å²) in [6.45, 7) is 2.16. The molecule has 1 N–H and O–H groups in total. The van der Waals surface area contributed by atoms with Crippen LogP contribution >= 0.6 is 0 Å². The fourth-order valence-electron chi connectivity index (χ4n) is 3.13. The number of aromatic hydroxyl groups is 1. The van der Waals surface area contributed by atoms with E-state index in [-0.39, 0.29) is 5.75 Å². The fourth-order valence-corrected chi connectivity index (χ4v) is 3.13. The Balaban J connectivity index is 2.06. The lowest BCUT2D eigenvalue weighted by atomic mass is 9.97. The monoisotopic (exact) mass is 362 g/mol. The first kappa shape index (κ1) is 18.8. The van der Waals surface area contributed by atoms with E-state index in [0.29, 0.717) is 23.5 Å². The summed E-state index contributed by atoms with van der Waals surface area (Å²) in [5.74, 6) is 0.464. The minimum Gasteiger partial charge on any atom is -0.507 e. The van der Waals surface area contributed by atoms with Crippen molar-refractivity contribution in [3.63, 3.8) is 0 Å². The molecule has 0 saturated carbocycles. The van der Waals surface area contributed by atoms with Crippen LogP contribution in [0.15, 0.2) is 84.9 Å². The third-order valence-corrected chi connectivity index (χ3v) is 4.48. The predicted octanol–water partition coefficient (Wildman–Crippen LogP) is 6.28. The van der Waals surface area contributed by atoms with Crippen LogP contribution in [0.25, 0.3) is 0 Å². The van der Waals surface area contributed by atoms with E-state index in [1.807, 2.05) is 72.8 Å². The summed E-state index contributed by atoms with van der Waals surface area (Å²) in [4.78, 5) is 0. The summed E-state index contributed by atoms with van der Waals surface area (Å²) in [5, 5.41) is 10.6. The molecule has 0 amide bonds. The first-order chi connectivity index (χ1) is 13.2. The molecule has 0 unspecified atom stereocenters. The lowest BCUT2D eigenvalue weighted by Crippen LogP contribution is -2.39. The molecule has 3 aromatic rings. The lowest BCUT2D eigenvalue weighted by Gasteiger charge is -2.35. The van der Waals surface area contributed by atoms with Gasteiger partial charge in [-0.3, -0.25) is 0 Å². The highest BCUT2D eigenvalue weighted by Crippen LogP contribution is 2.39. The number of phenolic OH excluding ortho intramolecular Hbond substituents is 1. The molecular formula is C24H26O3. The number of unbranched alkanes of at least 4 members (excludes halogenated alkanes) is 2. The average molecular weight is 362 g/mol. The second-order valence-corrected chi connectivity index (χ2v) is 6.56. The molecule has 140 valence electrons. The van der Waals surface area contributed by atoms with Gasteiger partial charge in [0.05, 0.1) is 5.56 Å². The molecule has 3 aromatic carbocycles. The maximum absolute atomic E-state index is 10.6. The molecule has 0 aromatic heterocycles. The van der Waals surface area contributed by atoms with Crippen molar-refractivity contribution in [2.24, 2.45) is 0 Å². The highest BCUT2D eigenvalue weighted by molar-refractivity contribution is 5.38. The molecule has 0 saturated heterocycles. The maximum atomic E-state index is 10.6. The van der Waals surface area contributed by atoms with Gasteiger partial charge in [-0.05, 0) is 42.8 Å². The SMILES string of the molecule is CCCCCC(Oc1ccccc1)(Oc1ccccc1)c1ccccc1O. The van der Waals surface area contributed by atoms with Crippen molar-refractivity contribution in [3.8, 4) is 17.2 Å². The van der Waals surface area contributed by atoms with Crippen LogP contribution in [0.4, 0.5) is 0 Å². The van der Waals surface area contributed by atoms with Crippen LogP contribution in [0.1, 0.15) is 38.2 Å². The van der Waals surface area contributed by atoms with Crippen LogP contribution in [0.2, 0.25) is 0 Å². The highest BCUT2D eigenvalue weighted by Gasteiger charge is 2.39. The van der Waals surface area contributed by atoms with E-state index in [1.165, 1.54) is 0 Å². The number of phenols is 1. The predicted molar refractivity (Wildman–Crippen MR) is 108 cm³/mol. The molecule has 0 aliphatic heterocycles. The van der Waals surface area contributed by atoms with Gasteiger partial charge in [-0.1, -0.05) is 68.3 Å². The molecule has 0 spiro atoms. The number of ether oxygens (including phenoxy) is 2. The third kappa shape index (κ3) is 4.82. The second-order valence-electron chi connectivity index (χ2n) is 6.56. The number of hydrogen-bond acceptors (Lipinski definition) is 3. The largest absolute Gasteiger partial charge is 0.507 e. The number of benzene rings is 3. The molecule has 3 heteroatoms. The zero-order valence-corrected chi connectivity index (χ0v) is 15.7. The van der Waals surface area contributed by atoms with E-state index < -0.39 is 5.79 Å². The van der Waals surface area contributed by atoms with Gasteiger partial charge in [-0.15, -0.1) is 0 Å². The maximum Gasteiger partial charge on any atom is 0.281 e. The quantitative estimate of drug-likeness (QED) is 0.359. The zero-order valence-electron chi connectivity index (χ0n) is 15.7. The van der Waals surface area contributed by atoms with E-state index in [2.05, 4.69) is 6.92 Å². The molecule has 0 aliphatic carbocycles. The summed E-state index contributed by atoms with van der Waals surface area (Å²) >= 11 is 0. The van der Waals surface area contributed by atoms with Crippen LogP contribution in [0.3, 0.4) is 0 Å². The Bertz CT molecular complexity index is 774. The van der Waals surface area contributed by atoms with Crippen LogP contribution in [0.5, 0.6) is 17.2 Å². The van der Waals surface area contributed by atoms with Gasteiger partial charge >= 0.3 is 0 Å². The van der Waals surface area contributed by atoms with E-state index in [1.54, 1.807) is 12.1 Å². The molecular weight excluding hydrogens is 336 g/mol. The van der Waals surface area contributed by atoms with Gasteiger partial charge in [-0.2, -0.15) is 0 Å². The van der Waals surface area contributed by atoms with Crippen molar-refractivity contribution in [1.29, 1.82) is 0 Å². The van der Waals surface area contributed by atoms with Gasteiger partial charge in [0, 0.05) is 6.42 Å². The van der Waals surface area contributed by atoms with E-state index in [0.717, 1.165) is 19.3 Å². The van der Waals surface area contributed by atoms with Gasteiger partial charge in [0.2, 0.25) is 0 Å². The fraction of sp³-hybridized carbons (Fsp3) is 0.250. The highest BCUT2D eigenvalue weighted by atomic mass is 16.7. The molecule has 0 heterocycles. The molecule has 0 aliphatic rings.